The standard InChI is InChI=1S/C28H30FNO3/c1-17-7-11-24(31-5)21(13-17)20-9-10-23-27(18(2)15-28(3,4)30-23)22(20)16-33-26-14-19(29)8-12-25(26)32-6/h7-15,30H,16H2,1-6H3. The Kier molecular flexibility index (Phi) is 6.07. The first-order valence-corrected chi connectivity index (χ1v) is 11.0. The van der Waals surface area contributed by atoms with Crippen LogP contribution in [0, 0.1) is 12.7 Å². The van der Waals surface area contributed by atoms with Crippen molar-refractivity contribution in [3.8, 4) is 28.4 Å². The second-order valence-corrected chi connectivity index (χ2v) is 8.98. The van der Waals surface area contributed by atoms with E-state index in [0.29, 0.717) is 11.5 Å². The SMILES string of the molecule is COc1ccc(F)cc1OCc1c(-c2cc(C)ccc2OC)ccc2c1C(C)=CC(C)(C)N2. The molecule has 0 saturated carbocycles. The van der Waals surface area contributed by atoms with Crippen molar-refractivity contribution >= 4 is 11.3 Å². The number of hydrogen-bond acceptors (Lipinski definition) is 4. The Balaban J connectivity index is 1.88. The molecular formula is C28H30FNO3. The van der Waals surface area contributed by atoms with Crippen LogP contribution in [-0.4, -0.2) is 19.8 Å². The second kappa shape index (κ2) is 8.81. The van der Waals surface area contributed by atoms with Gasteiger partial charge in [0.25, 0.3) is 0 Å². The quantitative estimate of drug-likeness (QED) is 0.441. The minimum atomic E-state index is -0.374. The lowest BCUT2D eigenvalue weighted by molar-refractivity contribution is 0.283. The highest BCUT2D eigenvalue weighted by atomic mass is 19.1. The van der Waals surface area contributed by atoms with Crippen LogP contribution >= 0.6 is 0 Å². The molecular weight excluding hydrogens is 417 g/mol. The highest BCUT2D eigenvalue weighted by Crippen LogP contribution is 2.43. The molecule has 33 heavy (non-hydrogen) atoms. The molecule has 0 saturated heterocycles. The van der Waals surface area contributed by atoms with Gasteiger partial charge in [0, 0.05) is 28.4 Å². The number of rotatable bonds is 6. The topological polar surface area (TPSA) is 39.7 Å². The van der Waals surface area contributed by atoms with Crippen LogP contribution in [0.15, 0.2) is 54.6 Å². The maximum Gasteiger partial charge on any atom is 0.164 e. The van der Waals surface area contributed by atoms with Crippen molar-refractivity contribution in [2.75, 3.05) is 19.5 Å². The zero-order valence-electron chi connectivity index (χ0n) is 20.0. The van der Waals surface area contributed by atoms with Crippen LogP contribution in [0.2, 0.25) is 0 Å². The van der Waals surface area contributed by atoms with Crippen LogP contribution in [0.25, 0.3) is 16.7 Å². The molecule has 0 aromatic heterocycles. The summed E-state index contributed by atoms with van der Waals surface area (Å²) in [6, 6.07) is 14.6. The first-order valence-electron chi connectivity index (χ1n) is 11.0. The minimum Gasteiger partial charge on any atom is -0.496 e. The van der Waals surface area contributed by atoms with E-state index in [0.717, 1.165) is 44.8 Å². The first-order chi connectivity index (χ1) is 15.7. The average Bonchev–Trinajstić information content (AvgIpc) is 2.76. The van der Waals surface area contributed by atoms with Crippen LogP contribution in [-0.2, 0) is 6.61 Å². The average molecular weight is 448 g/mol. The molecule has 1 aliphatic heterocycles. The Morgan fingerprint density at radius 2 is 1.58 bits per heavy atom. The molecule has 3 aromatic carbocycles. The minimum absolute atomic E-state index is 0.163. The lowest BCUT2D eigenvalue weighted by atomic mass is 9.85. The normalized spacial score (nSPS) is 14.1. The van der Waals surface area contributed by atoms with E-state index >= 15 is 0 Å². The maximum absolute atomic E-state index is 13.9. The van der Waals surface area contributed by atoms with Crippen molar-refractivity contribution in [3.63, 3.8) is 0 Å². The van der Waals surface area contributed by atoms with E-state index < -0.39 is 0 Å². The summed E-state index contributed by atoms with van der Waals surface area (Å²) in [4.78, 5) is 0. The molecule has 1 heterocycles. The molecule has 1 N–H and O–H groups in total. The van der Waals surface area contributed by atoms with Crippen molar-refractivity contribution in [2.24, 2.45) is 0 Å². The Hall–Kier alpha value is -3.47. The van der Waals surface area contributed by atoms with Gasteiger partial charge in [-0.1, -0.05) is 23.8 Å². The Labute approximate surface area is 195 Å². The van der Waals surface area contributed by atoms with Crippen molar-refractivity contribution in [2.45, 2.75) is 39.8 Å². The smallest absolute Gasteiger partial charge is 0.164 e. The fraction of sp³-hybridized carbons (Fsp3) is 0.286. The number of benzene rings is 3. The van der Waals surface area contributed by atoms with Crippen LogP contribution in [0.4, 0.5) is 10.1 Å². The molecule has 3 aromatic rings. The van der Waals surface area contributed by atoms with E-state index in [-0.39, 0.29) is 18.0 Å². The van der Waals surface area contributed by atoms with E-state index in [9.17, 15) is 4.39 Å². The molecule has 1 aliphatic rings. The molecule has 0 atom stereocenters. The van der Waals surface area contributed by atoms with Gasteiger partial charge in [0.2, 0.25) is 0 Å². The number of methoxy groups -OCH3 is 2. The van der Waals surface area contributed by atoms with E-state index in [2.05, 4.69) is 57.3 Å². The van der Waals surface area contributed by atoms with Gasteiger partial charge in [0.15, 0.2) is 11.5 Å². The number of aryl methyl sites for hydroxylation is 1. The lowest BCUT2D eigenvalue weighted by Crippen LogP contribution is -2.32. The van der Waals surface area contributed by atoms with Crippen LogP contribution < -0.4 is 19.5 Å². The van der Waals surface area contributed by atoms with Crippen LogP contribution in [0.5, 0.6) is 17.2 Å². The second-order valence-electron chi connectivity index (χ2n) is 8.98. The Morgan fingerprint density at radius 1 is 0.848 bits per heavy atom. The maximum atomic E-state index is 13.9. The monoisotopic (exact) mass is 447 g/mol. The van der Waals surface area contributed by atoms with Crippen molar-refractivity contribution in [3.05, 3.63) is 77.1 Å². The lowest BCUT2D eigenvalue weighted by Gasteiger charge is -2.33. The highest BCUT2D eigenvalue weighted by molar-refractivity contribution is 5.88. The molecule has 4 rings (SSSR count). The number of anilines is 1. The van der Waals surface area contributed by atoms with Gasteiger partial charge in [-0.05, 0) is 69.2 Å². The van der Waals surface area contributed by atoms with Crippen molar-refractivity contribution in [1.29, 1.82) is 0 Å². The van der Waals surface area contributed by atoms with Gasteiger partial charge in [-0.3, -0.25) is 0 Å². The van der Waals surface area contributed by atoms with Crippen LogP contribution in [0.1, 0.15) is 37.5 Å². The number of nitrogens with one attached hydrogen (secondary N) is 1. The van der Waals surface area contributed by atoms with Crippen molar-refractivity contribution in [1.82, 2.24) is 0 Å². The van der Waals surface area contributed by atoms with Crippen LogP contribution in [0.3, 0.4) is 0 Å². The fourth-order valence-electron chi connectivity index (χ4n) is 4.55. The van der Waals surface area contributed by atoms with Gasteiger partial charge in [-0.25, -0.2) is 4.39 Å². The summed E-state index contributed by atoms with van der Waals surface area (Å²) in [7, 11) is 3.22. The zero-order chi connectivity index (χ0) is 23.8. The molecule has 0 bridgehead atoms. The third-order valence-corrected chi connectivity index (χ3v) is 5.88. The zero-order valence-corrected chi connectivity index (χ0v) is 20.0. The molecule has 172 valence electrons. The summed E-state index contributed by atoms with van der Waals surface area (Å²) in [6.07, 6.45) is 2.22. The fourth-order valence-corrected chi connectivity index (χ4v) is 4.55. The predicted octanol–water partition coefficient (Wildman–Crippen LogP) is 7.00. The van der Waals surface area contributed by atoms with Gasteiger partial charge in [0.05, 0.1) is 19.8 Å². The predicted molar refractivity (Wildman–Crippen MR) is 132 cm³/mol. The Bertz CT molecular complexity index is 1230. The largest absolute Gasteiger partial charge is 0.496 e. The Morgan fingerprint density at radius 3 is 2.30 bits per heavy atom. The third-order valence-electron chi connectivity index (χ3n) is 5.88. The molecule has 0 amide bonds. The molecule has 5 heteroatoms. The summed E-state index contributed by atoms with van der Waals surface area (Å²) >= 11 is 0. The number of ether oxygens (including phenoxy) is 3. The van der Waals surface area contributed by atoms with E-state index in [1.54, 1.807) is 20.3 Å². The number of hydrogen-bond donors (Lipinski definition) is 1. The molecule has 0 aliphatic carbocycles. The van der Waals surface area contributed by atoms with Gasteiger partial charge < -0.3 is 19.5 Å². The summed E-state index contributed by atoms with van der Waals surface area (Å²) in [5, 5.41) is 3.61. The number of halogens is 1. The number of fused-ring (bicyclic) bond motifs is 1. The van der Waals surface area contributed by atoms with Gasteiger partial charge in [-0.2, -0.15) is 0 Å². The van der Waals surface area contributed by atoms with Gasteiger partial charge >= 0.3 is 0 Å². The highest BCUT2D eigenvalue weighted by Gasteiger charge is 2.27. The van der Waals surface area contributed by atoms with E-state index in [4.69, 9.17) is 14.2 Å². The van der Waals surface area contributed by atoms with Gasteiger partial charge in [-0.15, -0.1) is 0 Å². The number of allylic oxidation sites excluding steroid dienone is 1. The molecule has 0 spiro atoms. The van der Waals surface area contributed by atoms with E-state index in [1.807, 2.05) is 12.1 Å². The molecule has 0 radical (unpaired) electrons. The summed E-state index contributed by atoms with van der Waals surface area (Å²) in [5.74, 6) is 1.27. The van der Waals surface area contributed by atoms with E-state index in [1.165, 1.54) is 12.1 Å². The molecule has 0 unspecified atom stereocenters. The third kappa shape index (κ3) is 4.54. The summed E-state index contributed by atoms with van der Waals surface area (Å²) in [5.41, 5.74) is 7.26. The summed E-state index contributed by atoms with van der Waals surface area (Å²) in [6.45, 7) is 8.70. The first kappa shape index (κ1) is 22.7. The molecule has 0 fully saturated rings. The van der Waals surface area contributed by atoms with Gasteiger partial charge in [0.1, 0.15) is 18.2 Å². The van der Waals surface area contributed by atoms with Crippen molar-refractivity contribution < 1.29 is 18.6 Å². The molecule has 4 nitrogen and oxygen atoms in total. The summed E-state index contributed by atoms with van der Waals surface area (Å²) < 4.78 is 31.2.